The summed E-state index contributed by atoms with van der Waals surface area (Å²) in [6.07, 6.45) is 0. The van der Waals surface area contributed by atoms with E-state index >= 15 is 0 Å². The molecule has 2 aliphatic heterocycles. The van der Waals surface area contributed by atoms with Crippen LogP contribution in [0.4, 0.5) is 45.5 Å². The average Bonchev–Trinajstić information content (AvgIpc) is 3.85. The second kappa shape index (κ2) is 17.4. The topological polar surface area (TPSA) is 22.9 Å². The van der Waals surface area contributed by atoms with Gasteiger partial charge in [0.15, 0.2) is 5.58 Å². The Morgan fingerprint density at radius 1 is 0.347 bits per heavy atom. The first-order valence-electron chi connectivity index (χ1n) is 25.8. The van der Waals surface area contributed by atoms with Gasteiger partial charge in [0.25, 0.3) is 0 Å². The van der Waals surface area contributed by atoms with E-state index in [2.05, 4.69) is 294 Å². The van der Waals surface area contributed by atoms with E-state index in [9.17, 15) is 0 Å². The van der Waals surface area contributed by atoms with E-state index in [0.717, 1.165) is 89.5 Å². The lowest BCUT2D eigenvalue weighted by Gasteiger charge is -2.46. The van der Waals surface area contributed by atoms with Crippen LogP contribution < -0.4 is 25.5 Å². The van der Waals surface area contributed by atoms with E-state index in [-0.39, 0.29) is 6.85 Å². The fourth-order valence-corrected chi connectivity index (χ4v) is 11.9. The van der Waals surface area contributed by atoms with Crippen molar-refractivity contribution in [2.75, 3.05) is 14.6 Å². The molecule has 0 amide bonds. The first-order valence-corrected chi connectivity index (χ1v) is 25.8. The minimum atomic E-state index is -0.280. The molecular formula is C70H46BN3O. The van der Waals surface area contributed by atoms with E-state index in [1.165, 1.54) is 44.1 Å². The van der Waals surface area contributed by atoms with E-state index in [1.807, 2.05) is 0 Å². The molecule has 0 N–H and O–H groups in total. The van der Waals surface area contributed by atoms with Gasteiger partial charge in [-0.25, -0.2) is 0 Å². The molecule has 0 spiro atoms. The number of anilines is 8. The van der Waals surface area contributed by atoms with Crippen LogP contribution >= 0.6 is 0 Å². The molecule has 350 valence electrons. The molecule has 0 saturated carbocycles. The van der Waals surface area contributed by atoms with Gasteiger partial charge in [-0.05, 0) is 146 Å². The molecule has 0 bridgehead atoms. The Bertz CT molecular complexity index is 4240. The standard InChI is InChI=1S/C70H46BN3O/c1-6-18-47(19-7-1)50-30-35-57(36-31-50)73-65-41-34-54(49-22-10-3-11-23-49)43-64(65)71-68-63(45-59(46-66(68)73)72(55-26-12-4-13-27-55)56-28-14-5-15-29-56)60-39-40-61-62-42-52-24-16-17-25-53(52)44-67(62)75-70(61)69(60)74(71)58-37-32-51(33-38-58)48-20-8-2-9-21-48/h1-46H. The van der Waals surface area contributed by atoms with Gasteiger partial charge >= 0.3 is 6.85 Å². The molecule has 5 heteroatoms. The Balaban J connectivity index is 1.07. The third-order valence-electron chi connectivity index (χ3n) is 15.4. The van der Waals surface area contributed by atoms with Crippen molar-refractivity contribution in [3.05, 3.63) is 279 Å². The zero-order chi connectivity index (χ0) is 49.4. The Morgan fingerprint density at radius 3 is 1.45 bits per heavy atom. The smallest absolute Gasteiger partial charge is 0.333 e. The largest absolute Gasteiger partial charge is 0.454 e. The minimum Gasteiger partial charge on any atom is -0.454 e. The molecule has 0 unspecified atom stereocenters. The highest BCUT2D eigenvalue weighted by Gasteiger charge is 2.47. The van der Waals surface area contributed by atoms with Crippen molar-refractivity contribution in [3.63, 3.8) is 0 Å². The van der Waals surface area contributed by atoms with Gasteiger partial charge in [-0.2, -0.15) is 0 Å². The highest BCUT2D eigenvalue weighted by atomic mass is 16.3. The fourth-order valence-electron chi connectivity index (χ4n) is 11.9. The molecule has 0 fully saturated rings. The van der Waals surface area contributed by atoms with Crippen molar-refractivity contribution in [3.8, 4) is 44.5 Å². The van der Waals surface area contributed by atoms with Crippen LogP contribution in [0.25, 0.3) is 77.2 Å². The second-order valence-corrected chi connectivity index (χ2v) is 19.6. The average molecular weight is 956 g/mol. The molecule has 75 heavy (non-hydrogen) atoms. The minimum absolute atomic E-state index is 0.280. The SMILES string of the molecule is c1ccc(-c2ccc(N3B4c5cc(-c6ccccc6)ccc5N(c5ccc(-c6ccccc6)cc5)c5cc(N(c6ccccc6)c6ccccc6)cc(c54)-c4ccc5c(oc6cc7ccccc7cc65)c43)cc2)cc1. The predicted molar refractivity (Wildman–Crippen MR) is 316 cm³/mol. The van der Waals surface area contributed by atoms with Gasteiger partial charge in [0.2, 0.25) is 0 Å². The lowest BCUT2D eigenvalue weighted by atomic mass is 9.43. The van der Waals surface area contributed by atoms with Gasteiger partial charge < -0.3 is 19.0 Å². The number of rotatable bonds is 8. The van der Waals surface area contributed by atoms with Crippen LogP contribution in [0.1, 0.15) is 0 Å². The summed E-state index contributed by atoms with van der Waals surface area (Å²) in [5.74, 6) is 0. The molecule has 1 aromatic heterocycles. The van der Waals surface area contributed by atoms with Crippen LogP contribution in [-0.2, 0) is 0 Å². The van der Waals surface area contributed by atoms with Gasteiger partial charge in [-0.15, -0.1) is 0 Å². The van der Waals surface area contributed by atoms with Crippen molar-refractivity contribution < 1.29 is 4.42 Å². The lowest BCUT2D eigenvalue weighted by Crippen LogP contribution is -2.61. The molecule has 12 aromatic carbocycles. The van der Waals surface area contributed by atoms with Crippen LogP contribution in [0.2, 0.25) is 0 Å². The summed E-state index contributed by atoms with van der Waals surface area (Å²) in [5, 5.41) is 4.53. The fraction of sp³-hybridized carbons (Fsp3) is 0. The highest BCUT2D eigenvalue weighted by Crippen LogP contribution is 2.53. The van der Waals surface area contributed by atoms with E-state index < -0.39 is 0 Å². The van der Waals surface area contributed by atoms with Crippen LogP contribution in [0.3, 0.4) is 0 Å². The maximum absolute atomic E-state index is 7.33. The number of benzene rings is 12. The molecule has 2 aliphatic rings. The molecule has 13 aromatic rings. The van der Waals surface area contributed by atoms with Gasteiger partial charge in [0.1, 0.15) is 5.58 Å². The van der Waals surface area contributed by atoms with Gasteiger partial charge in [-0.1, -0.05) is 194 Å². The van der Waals surface area contributed by atoms with Crippen molar-refractivity contribution in [1.29, 1.82) is 0 Å². The zero-order valence-corrected chi connectivity index (χ0v) is 40.9. The summed E-state index contributed by atoms with van der Waals surface area (Å²) in [4.78, 5) is 7.50. The number of nitrogens with zero attached hydrogens (tertiary/aromatic N) is 3. The van der Waals surface area contributed by atoms with Crippen LogP contribution in [0.15, 0.2) is 283 Å². The van der Waals surface area contributed by atoms with Gasteiger partial charge in [0.05, 0.1) is 5.69 Å². The molecule has 4 nitrogen and oxygen atoms in total. The Labute approximate surface area is 436 Å². The second-order valence-electron chi connectivity index (χ2n) is 19.6. The quantitative estimate of drug-likeness (QED) is 0.142. The highest BCUT2D eigenvalue weighted by molar-refractivity contribution is 6.94. The molecule has 0 atom stereocenters. The van der Waals surface area contributed by atoms with E-state index in [4.69, 9.17) is 4.42 Å². The molecule has 0 saturated heterocycles. The van der Waals surface area contributed by atoms with Gasteiger partial charge in [-0.3, -0.25) is 0 Å². The number of para-hydroxylation sites is 2. The Hall–Kier alpha value is -9.84. The third kappa shape index (κ3) is 7.08. The Morgan fingerprint density at radius 2 is 0.853 bits per heavy atom. The maximum Gasteiger partial charge on any atom is 0.333 e. The summed E-state index contributed by atoms with van der Waals surface area (Å²) in [5.41, 5.74) is 22.1. The first-order chi connectivity index (χ1) is 37.2. The summed E-state index contributed by atoms with van der Waals surface area (Å²) < 4.78 is 7.33. The third-order valence-corrected chi connectivity index (χ3v) is 15.4. The first kappa shape index (κ1) is 42.8. The Kier molecular flexibility index (Phi) is 9.95. The maximum atomic E-state index is 7.33. The summed E-state index contributed by atoms with van der Waals surface area (Å²) in [7, 11) is 0. The number of hydrogen-bond donors (Lipinski definition) is 0. The number of fused-ring (bicyclic) bond motifs is 9. The molecule has 3 heterocycles. The van der Waals surface area contributed by atoms with E-state index in [1.54, 1.807) is 0 Å². The number of furan rings is 1. The van der Waals surface area contributed by atoms with Crippen molar-refractivity contribution in [1.82, 2.24) is 0 Å². The van der Waals surface area contributed by atoms with Crippen molar-refractivity contribution >= 4 is 96.0 Å². The molecular weight excluding hydrogens is 910 g/mol. The summed E-state index contributed by atoms with van der Waals surface area (Å²) >= 11 is 0. The normalized spacial score (nSPS) is 12.5. The molecule has 0 radical (unpaired) electrons. The van der Waals surface area contributed by atoms with Crippen LogP contribution in [0, 0.1) is 0 Å². The predicted octanol–water partition coefficient (Wildman–Crippen LogP) is 17.9. The van der Waals surface area contributed by atoms with Crippen molar-refractivity contribution in [2.24, 2.45) is 0 Å². The zero-order valence-electron chi connectivity index (χ0n) is 40.9. The molecule has 15 rings (SSSR count). The molecule has 0 aliphatic carbocycles. The summed E-state index contributed by atoms with van der Waals surface area (Å²) in [6.45, 7) is -0.280. The van der Waals surface area contributed by atoms with E-state index in [0.29, 0.717) is 0 Å². The summed E-state index contributed by atoms with van der Waals surface area (Å²) in [6, 6.07) is 102. The van der Waals surface area contributed by atoms with Gasteiger partial charge in [0, 0.05) is 56.1 Å². The van der Waals surface area contributed by atoms with Crippen molar-refractivity contribution in [2.45, 2.75) is 0 Å². The van der Waals surface area contributed by atoms with Crippen LogP contribution in [0.5, 0.6) is 0 Å². The van der Waals surface area contributed by atoms with Crippen LogP contribution in [-0.4, -0.2) is 6.85 Å². The number of hydrogen-bond acceptors (Lipinski definition) is 4. The monoisotopic (exact) mass is 955 g/mol. The lowest BCUT2D eigenvalue weighted by molar-refractivity contribution is 0.670.